The Kier molecular flexibility index (Phi) is 2.27. The van der Waals surface area contributed by atoms with Gasteiger partial charge in [-0.15, -0.1) is 0 Å². The maximum Gasteiger partial charge on any atom is 0.252 e. The molecular weight excluding hydrogens is 190 g/mol. The fraction of sp³-hybridized carbons (Fsp3) is 0.417. The Labute approximate surface area is 89.4 Å². The summed E-state index contributed by atoms with van der Waals surface area (Å²) in [6, 6.07) is 5.76. The van der Waals surface area contributed by atoms with E-state index in [1.807, 2.05) is 32.0 Å². The predicted octanol–water partition coefficient (Wildman–Crippen LogP) is 1.81. The Morgan fingerprint density at radius 1 is 1.40 bits per heavy atom. The third-order valence-corrected chi connectivity index (χ3v) is 2.75. The summed E-state index contributed by atoms with van der Waals surface area (Å²) in [6.45, 7) is 4.56. The van der Waals surface area contributed by atoms with Crippen LogP contribution in [-0.4, -0.2) is 13.0 Å². The molecular formula is C12H15NO2. The third kappa shape index (κ3) is 1.53. The monoisotopic (exact) mass is 205 g/mol. The number of ether oxygens (including phenoxy) is 1. The van der Waals surface area contributed by atoms with Crippen LogP contribution in [0.5, 0.6) is 0 Å². The zero-order valence-electron chi connectivity index (χ0n) is 9.26. The molecule has 0 fully saturated rings. The lowest BCUT2D eigenvalue weighted by molar-refractivity contribution is 0.0940. The molecule has 1 aromatic rings. The molecule has 3 nitrogen and oxygen atoms in total. The van der Waals surface area contributed by atoms with E-state index < -0.39 is 0 Å². The second-order valence-corrected chi connectivity index (χ2v) is 4.35. The van der Waals surface area contributed by atoms with Gasteiger partial charge in [0.25, 0.3) is 5.91 Å². The lowest BCUT2D eigenvalue weighted by Crippen LogP contribution is -2.33. The highest BCUT2D eigenvalue weighted by atomic mass is 16.5. The van der Waals surface area contributed by atoms with E-state index in [9.17, 15) is 4.79 Å². The van der Waals surface area contributed by atoms with Crippen molar-refractivity contribution in [1.29, 1.82) is 0 Å². The molecule has 1 aliphatic rings. The second-order valence-electron chi connectivity index (χ2n) is 4.35. The molecule has 3 heteroatoms. The summed E-state index contributed by atoms with van der Waals surface area (Å²) in [5.41, 5.74) is 2.63. The van der Waals surface area contributed by atoms with Crippen LogP contribution in [0.15, 0.2) is 18.2 Å². The predicted molar refractivity (Wildman–Crippen MR) is 57.6 cm³/mol. The van der Waals surface area contributed by atoms with Crippen molar-refractivity contribution in [2.75, 3.05) is 7.11 Å². The zero-order valence-corrected chi connectivity index (χ0v) is 9.26. The van der Waals surface area contributed by atoms with Gasteiger partial charge in [0, 0.05) is 12.7 Å². The molecule has 0 aromatic heterocycles. The fourth-order valence-corrected chi connectivity index (χ4v) is 2.22. The standard InChI is InChI=1S/C12H15NO2/c1-12(2)10-8(7-15-3)5-4-6-9(10)11(14)13-12/h4-6H,7H2,1-3H3,(H,13,14). The highest BCUT2D eigenvalue weighted by Crippen LogP contribution is 2.33. The minimum absolute atomic E-state index is 0.00736. The van der Waals surface area contributed by atoms with Crippen molar-refractivity contribution in [1.82, 2.24) is 5.32 Å². The topological polar surface area (TPSA) is 38.3 Å². The molecule has 0 saturated heterocycles. The van der Waals surface area contributed by atoms with Crippen molar-refractivity contribution in [3.05, 3.63) is 34.9 Å². The van der Waals surface area contributed by atoms with E-state index in [-0.39, 0.29) is 11.4 Å². The summed E-state index contributed by atoms with van der Waals surface area (Å²) in [7, 11) is 1.66. The van der Waals surface area contributed by atoms with Gasteiger partial charge in [0.15, 0.2) is 0 Å². The second kappa shape index (κ2) is 3.35. The molecule has 1 aliphatic heterocycles. The van der Waals surface area contributed by atoms with Crippen LogP contribution in [0.25, 0.3) is 0 Å². The largest absolute Gasteiger partial charge is 0.380 e. The number of hydrogen-bond donors (Lipinski definition) is 1. The number of hydrogen-bond acceptors (Lipinski definition) is 2. The van der Waals surface area contributed by atoms with Gasteiger partial charge in [-0.1, -0.05) is 12.1 Å². The van der Waals surface area contributed by atoms with E-state index in [0.717, 1.165) is 16.7 Å². The molecule has 1 N–H and O–H groups in total. The summed E-state index contributed by atoms with van der Waals surface area (Å²) in [5, 5.41) is 2.96. The molecule has 2 rings (SSSR count). The van der Waals surface area contributed by atoms with E-state index in [0.29, 0.717) is 6.61 Å². The van der Waals surface area contributed by atoms with Crippen LogP contribution in [0.2, 0.25) is 0 Å². The summed E-state index contributed by atoms with van der Waals surface area (Å²) >= 11 is 0. The van der Waals surface area contributed by atoms with Crippen molar-refractivity contribution >= 4 is 5.91 Å². The van der Waals surface area contributed by atoms with Gasteiger partial charge in [0.05, 0.1) is 12.1 Å². The van der Waals surface area contributed by atoms with Gasteiger partial charge < -0.3 is 10.1 Å². The quantitative estimate of drug-likeness (QED) is 0.799. The van der Waals surface area contributed by atoms with Crippen molar-refractivity contribution in [2.24, 2.45) is 0 Å². The molecule has 0 atom stereocenters. The third-order valence-electron chi connectivity index (χ3n) is 2.75. The number of rotatable bonds is 2. The Bertz CT molecular complexity index is 410. The first-order valence-corrected chi connectivity index (χ1v) is 5.00. The van der Waals surface area contributed by atoms with Gasteiger partial charge in [-0.05, 0) is 31.0 Å². The summed E-state index contributed by atoms with van der Waals surface area (Å²) in [6.07, 6.45) is 0. The zero-order chi connectivity index (χ0) is 11.1. The first-order chi connectivity index (χ1) is 7.06. The smallest absolute Gasteiger partial charge is 0.252 e. The Morgan fingerprint density at radius 2 is 2.13 bits per heavy atom. The van der Waals surface area contributed by atoms with Crippen LogP contribution in [0, 0.1) is 0 Å². The van der Waals surface area contributed by atoms with Gasteiger partial charge in [-0.3, -0.25) is 4.79 Å². The minimum atomic E-state index is -0.290. The number of benzene rings is 1. The van der Waals surface area contributed by atoms with E-state index in [2.05, 4.69) is 5.32 Å². The maximum absolute atomic E-state index is 11.7. The van der Waals surface area contributed by atoms with Crippen molar-refractivity contribution < 1.29 is 9.53 Å². The Balaban J connectivity index is 2.59. The number of methoxy groups -OCH3 is 1. The molecule has 1 aromatic carbocycles. The fourth-order valence-electron chi connectivity index (χ4n) is 2.22. The van der Waals surface area contributed by atoms with Gasteiger partial charge in [-0.25, -0.2) is 0 Å². The normalized spacial score (nSPS) is 17.4. The number of carbonyl (C=O) groups excluding carboxylic acids is 1. The summed E-state index contributed by atoms with van der Waals surface area (Å²) < 4.78 is 5.14. The molecule has 0 aliphatic carbocycles. The summed E-state index contributed by atoms with van der Waals surface area (Å²) in [5.74, 6) is 0.00736. The lowest BCUT2D eigenvalue weighted by Gasteiger charge is -2.21. The van der Waals surface area contributed by atoms with Gasteiger partial charge >= 0.3 is 0 Å². The van der Waals surface area contributed by atoms with Gasteiger partial charge in [0.2, 0.25) is 0 Å². The summed E-state index contributed by atoms with van der Waals surface area (Å²) in [4.78, 5) is 11.7. The molecule has 1 amide bonds. The highest BCUT2D eigenvalue weighted by molar-refractivity contribution is 6.00. The van der Waals surface area contributed by atoms with E-state index in [4.69, 9.17) is 4.74 Å². The average Bonchev–Trinajstić information content (AvgIpc) is 2.39. The molecule has 0 spiro atoms. The van der Waals surface area contributed by atoms with Crippen LogP contribution in [0.1, 0.15) is 35.3 Å². The van der Waals surface area contributed by atoms with Crippen LogP contribution in [0.3, 0.4) is 0 Å². The molecule has 0 saturated carbocycles. The molecule has 1 heterocycles. The van der Waals surface area contributed by atoms with Gasteiger partial charge in [0.1, 0.15) is 0 Å². The SMILES string of the molecule is COCc1cccc2c1C(C)(C)NC2=O. The average molecular weight is 205 g/mol. The van der Waals surface area contributed by atoms with Gasteiger partial charge in [-0.2, -0.15) is 0 Å². The van der Waals surface area contributed by atoms with Crippen molar-refractivity contribution in [3.8, 4) is 0 Å². The van der Waals surface area contributed by atoms with E-state index in [1.54, 1.807) is 7.11 Å². The van der Waals surface area contributed by atoms with Crippen molar-refractivity contribution in [3.63, 3.8) is 0 Å². The van der Waals surface area contributed by atoms with E-state index in [1.165, 1.54) is 0 Å². The number of fused-ring (bicyclic) bond motifs is 1. The van der Waals surface area contributed by atoms with Crippen LogP contribution in [-0.2, 0) is 16.9 Å². The molecule has 80 valence electrons. The van der Waals surface area contributed by atoms with Crippen LogP contribution < -0.4 is 5.32 Å². The highest BCUT2D eigenvalue weighted by Gasteiger charge is 2.36. The van der Waals surface area contributed by atoms with Crippen LogP contribution in [0.4, 0.5) is 0 Å². The number of nitrogens with one attached hydrogen (secondary N) is 1. The molecule has 0 unspecified atom stereocenters. The Hall–Kier alpha value is -1.35. The maximum atomic E-state index is 11.7. The molecule has 0 radical (unpaired) electrons. The Morgan fingerprint density at radius 3 is 2.80 bits per heavy atom. The lowest BCUT2D eigenvalue weighted by atomic mass is 9.90. The first-order valence-electron chi connectivity index (χ1n) is 5.00. The minimum Gasteiger partial charge on any atom is -0.380 e. The molecule has 15 heavy (non-hydrogen) atoms. The number of carbonyl (C=O) groups is 1. The van der Waals surface area contributed by atoms with E-state index >= 15 is 0 Å². The van der Waals surface area contributed by atoms with Crippen LogP contribution >= 0.6 is 0 Å². The molecule has 0 bridgehead atoms. The number of amides is 1. The van der Waals surface area contributed by atoms with Crippen molar-refractivity contribution in [2.45, 2.75) is 26.0 Å². The first kappa shape index (κ1) is 10.2.